The molecule has 0 aromatic rings. The van der Waals surface area contributed by atoms with E-state index in [9.17, 15) is 12.8 Å². The third-order valence-corrected chi connectivity index (χ3v) is 2.28. The topological polar surface area (TPSA) is 54.4 Å². The van der Waals surface area contributed by atoms with Gasteiger partial charge in [0.1, 0.15) is 0 Å². The molecule has 0 rings (SSSR count). The Balaban J connectivity index is 3.90. The summed E-state index contributed by atoms with van der Waals surface area (Å²) in [6.45, 7) is 0.538. The zero-order valence-electron chi connectivity index (χ0n) is 5.04. The van der Waals surface area contributed by atoms with Crippen molar-refractivity contribution in [3.8, 4) is 0 Å². The number of rotatable bonds is 3. The van der Waals surface area contributed by atoms with Crippen molar-refractivity contribution in [1.29, 1.82) is 0 Å². The highest BCUT2D eigenvalue weighted by Crippen LogP contribution is 2.01. The molecule has 0 aliphatic carbocycles. The normalized spacial score (nSPS) is 15.4. The lowest BCUT2D eigenvalue weighted by molar-refractivity contribution is 0.433. The Morgan fingerprint density at radius 3 is 2.22 bits per heavy atom. The van der Waals surface area contributed by atoms with Crippen molar-refractivity contribution in [3.63, 3.8) is 0 Å². The predicted molar refractivity (Wildman–Crippen MR) is 31.6 cm³/mol. The van der Waals surface area contributed by atoms with Crippen LogP contribution in [0.15, 0.2) is 0 Å². The van der Waals surface area contributed by atoms with Crippen LogP contribution in [0.1, 0.15) is 13.3 Å². The van der Waals surface area contributed by atoms with Crippen molar-refractivity contribution >= 4 is 10.1 Å². The van der Waals surface area contributed by atoms with Gasteiger partial charge in [-0.1, -0.05) is 0 Å². The van der Waals surface area contributed by atoms with Gasteiger partial charge in [0.25, 0.3) is 10.1 Å². The van der Waals surface area contributed by atoms with Gasteiger partial charge in [0.2, 0.25) is 0 Å². The molecular weight excluding hydrogens is 147 g/mol. The summed E-state index contributed by atoms with van der Waals surface area (Å²) < 4.78 is 39.8. The molecule has 0 bridgehead atoms. The minimum atomic E-state index is -4.00. The molecule has 0 aromatic heterocycles. The molecule has 0 aliphatic rings. The van der Waals surface area contributed by atoms with Gasteiger partial charge in [0.15, 0.2) is 0 Å². The molecule has 0 amide bonds. The molecule has 5 heteroatoms. The third-order valence-electron chi connectivity index (χ3n) is 1.02. The Hall–Kier alpha value is -0.160. The monoisotopic (exact) mass is 156 g/mol. The Kier molecular flexibility index (Phi) is 3.07. The van der Waals surface area contributed by atoms with Gasteiger partial charge in [-0.3, -0.25) is 8.94 Å². The maximum absolute atomic E-state index is 11.4. The van der Waals surface area contributed by atoms with Crippen LogP contribution in [0.2, 0.25) is 0 Å². The summed E-state index contributed by atoms with van der Waals surface area (Å²) in [7, 11) is -4.00. The zero-order chi connectivity index (χ0) is 7.49. The van der Waals surface area contributed by atoms with Crippen LogP contribution in [0.3, 0.4) is 0 Å². The Bertz CT molecular complexity index is 163. The van der Waals surface area contributed by atoms with Gasteiger partial charge in [-0.15, -0.1) is 0 Å². The lowest BCUT2D eigenvalue weighted by Gasteiger charge is -2.02. The van der Waals surface area contributed by atoms with E-state index in [-0.39, 0.29) is 6.42 Å². The standard InChI is InChI=1S/C4H9FO3S/c1-4(2-3-5)9(6,7)8/h4H,2-3H2,1H3,(H,6,7,8). The molecule has 0 aliphatic heterocycles. The number of alkyl halides is 1. The van der Waals surface area contributed by atoms with Gasteiger partial charge in [-0.25, -0.2) is 0 Å². The summed E-state index contributed by atoms with van der Waals surface area (Å²) in [4.78, 5) is 0. The van der Waals surface area contributed by atoms with Crippen LogP contribution in [-0.4, -0.2) is 24.9 Å². The van der Waals surface area contributed by atoms with E-state index in [1.165, 1.54) is 6.92 Å². The second kappa shape index (κ2) is 3.12. The van der Waals surface area contributed by atoms with Crippen LogP contribution in [0.4, 0.5) is 4.39 Å². The van der Waals surface area contributed by atoms with Gasteiger partial charge >= 0.3 is 0 Å². The van der Waals surface area contributed by atoms with E-state index >= 15 is 0 Å². The minimum Gasteiger partial charge on any atom is -0.285 e. The Labute approximate surface area is 53.6 Å². The minimum absolute atomic E-state index is 0.140. The Morgan fingerprint density at radius 2 is 2.11 bits per heavy atom. The molecule has 9 heavy (non-hydrogen) atoms. The first kappa shape index (κ1) is 8.84. The first-order valence-electron chi connectivity index (χ1n) is 2.50. The maximum atomic E-state index is 11.4. The summed E-state index contributed by atoms with van der Waals surface area (Å²) in [5.41, 5.74) is 0. The summed E-state index contributed by atoms with van der Waals surface area (Å²) in [6.07, 6.45) is -0.140. The number of halogens is 1. The summed E-state index contributed by atoms with van der Waals surface area (Å²) >= 11 is 0. The fraction of sp³-hybridized carbons (Fsp3) is 1.00. The summed E-state index contributed by atoms with van der Waals surface area (Å²) in [6, 6.07) is 0. The quantitative estimate of drug-likeness (QED) is 0.609. The van der Waals surface area contributed by atoms with Crippen molar-refractivity contribution in [2.24, 2.45) is 0 Å². The van der Waals surface area contributed by atoms with Crippen LogP contribution < -0.4 is 0 Å². The third kappa shape index (κ3) is 3.42. The van der Waals surface area contributed by atoms with E-state index in [0.717, 1.165) is 0 Å². The predicted octanol–water partition coefficient (Wildman–Crippen LogP) is 0.622. The first-order chi connectivity index (χ1) is 3.98. The highest BCUT2D eigenvalue weighted by atomic mass is 32.2. The lowest BCUT2D eigenvalue weighted by atomic mass is 10.4. The molecule has 1 atom stereocenters. The largest absolute Gasteiger partial charge is 0.285 e. The molecule has 0 radical (unpaired) electrons. The fourth-order valence-electron chi connectivity index (χ4n) is 0.303. The molecular formula is C4H9FO3S. The molecule has 56 valence electrons. The van der Waals surface area contributed by atoms with E-state index in [0.29, 0.717) is 0 Å². The average molecular weight is 156 g/mol. The van der Waals surface area contributed by atoms with Crippen LogP contribution >= 0.6 is 0 Å². The van der Waals surface area contributed by atoms with Crippen molar-refractivity contribution in [3.05, 3.63) is 0 Å². The van der Waals surface area contributed by atoms with Crippen LogP contribution in [0.5, 0.6) is 0 Å². The second-order valence-corrected chi connectivity index (χ2v) is 3.64. The van der Waals surface area contributed by atoms with Gasteiger partial charge in [0.05, 0.1) is 11.9 Å². The highest BCUT2D eigenvalue weighted by molar-refractivity contribution is 7.86. The molecule has 0 fully saturated rings. The summed E-state index contributed by atoms with van der Waals surface area (Å²) in [5.74, 6) is 0. The zero-order valence-corrected chi connectivity index (χ0v) is 5.86. The van der Waals surface area contributed by atoms with E-state index in [4.69, 9.17) is 4.55 Å². The molecule has 1 unspecified atom stereocenters. The molecule has 0 saturated heterocycles. The van der Waals surface area contributed by atoms with Gasteiger partial charge in [-0.05, 0) is 13.3 Å². The number of hydrogen-bond acceptors (Lipinski definition) is 2. The lowest BCUT2D eigenvalue weighted by Crippen LogP contribution is -2.16. The molecule has 1 N–H and O–H groups in total. The van der Waals surface area contributed by atoms with E-state index in [1.54, 1.807) is 0 Å². The maximum Gasteiger partial charge on any atom is 0.267 e. The van der Waals surface area contributed by atoms with Crippen LogP contribution in [0, 0.1) is 0 Å². The molecule has 3 nitrogen and oxygen atoms in total. The smallest absolute Gasteiger partial charge is 0.267 e. The molecule has 0 spiro atoms. The van der Waals surface area contributed by atoms with Crippen molar-refractivity contribution in [1.82, 2.24) is 0 Å². The summed E-state index contributed by atoms with van der Waals surface area (Å²) in [5, 5.41) is -0.984. The SMILES string of the molecule is CC(CCF)S(=O)(=O)O. The highest BCUT2D eigenvalue weighted by Gasteiger charge is 2.15. The van der Waals surface area contributed by atoms with Crippen molar-refractivity contribution < 1.29 is 17.4 Å². The fourth-order valence-corrected chi connectivity index (χ4v) is 0.690. The van der Waals surface area contributed by atoms with Gasteiger partial charge in [0, 0.05) is 0 Å². The molecule has 0 saturated carbocycles. The molecule has 0 aromatic carbocycles. The van der Waals surface area contributed by atoms with Gasteiger partial charge < -0.3 is 0 Å². The first-order valence-corrected chi connectivity index (χ1v) is 4.01. The van der Waals surface area contributed by atoms with E-state index < -0.39 is 22.0 Å². The van der Waals surface area contributed by atoms with Crippen molar-refractivity contribution in [2.75, 3.05) is 6.67 Å². The van der Waals surface area contributed by atoms with Crippen LogP contribution in [-0.2, 0) is 10.1 Å². The van der Waals surface area contributed by atoms with Crippen LogP contribution in [0.25, 0.3) is 0 Å². The van der Waals surface area contributed by atoms with Crippen molar-refractivity contribution in [2.45, 2.75) is 18.6 Å². The Morgan fingerprint density at radius 1 is 1.67 bits per heavy atom. The average Bonchev–Trinajstić information content (AvgIpc) is 1.64. The second-order valence-electron chi connectivity index (χ2n) is 1.80. The van der Waals surface area contributed by atoms with E-state index in [2.05, 4.69) is 0 Å². The van der Waals surface area contributed by atoms with Gasteiger partial charge in [-0.2, -0.15) is 8.42 Å². The van der Waals surface area contributed by atoms with E-state index in [1.807, 2.05) is 0 Å². The molecule has 0 heterocycles. The number of hydrogen-bond donors (Lipinski definition) is 1.